The lowest BCUT2D eigenvalue weighted by molar-refractivity contribution is 0.0764. The number of nitrogens with zero attached hydrogens (tertiary/aromatic N) is 1. The van der Waals surface area contributed by atoms with Crippen LogP contribution in [0.15, 0.2) is 13.6 Å². The van der Waals surface area contributed by atoms with Crippen molar-refractivity contribution >= 4 is 60.9 Å². The van der Waals surface area contributed by atoms with Gasteiger partial charge in [-0.2, -0.15) is 11.8 Å². The molecule has 0 bridgehead atoms. The molecule has 0 aliphatic carbocycles. The zero-order chi connectivity index (χ0) is 13.3. The summed E-state index contributed by atoms with van der Waals surface area (Å²) in [5.74, 6) is 1.16. The highest BCUT2D eigenvalue weighted by molar-refractivity contribution is 9.12. The molecule has 2 heterocycles. The lowest BCUT2D eigenvalue weighted by Crippen LogP contribution is -2.33. The van der Waals surface area contributed by atoms with E-state index in [0.717, 1.165) is 38.4 Å². The van der Waals surface area contributed by atoms with Crippen LogP contribution in [0.5, 0.6) is 0 Å². The Hall–Kier alpha value is 0.480. The number of thioether (sulfide) groups is 1. The van der Waals surface area contributed by atoms with Crippen molar-refractivity contribution < 1.29 is 4.79 Å². The monoisotopic (exact) mass is 411 g/mol. The van der Waals surface area contributed by atoms with E-state index in [4.69, 9.17) is 0 Å². The van der Waals surface area contributed by atoms with Crippen LogP contribution < -0.4 is 0 Å². The molecule has 0 radical (unpaired) electrons. The first-order chi connectivity index (χ1) is 8.39. The Morgan fingerprint density at radius 2 is 2.11 bits per heavy atom. The molecule has 1 amide bonds. The Bertz CT molecular complexity index is 459. The van der Waals surface area contributed by atoms with E-state index in [1.807, 2.05) is 22.7 Å². The van der Waals surface area contributed by atoms with Crippen molar-refractivity contribution in [3.8, 4) is 0 Å². The van der Waals surface area contributed by atoms with Gasteiger partial charge in [-0.15, -0.1) is 11.3 Å². The van der Waals surface area contributed by atoms with Crippen molar-refractivity contribution in [2.75, 3.05) is 18.8 Å². The van der Waals surface area contributed by atoms with E-state index in [9.17, 15) is 4.79 Å². The van der Waals surface area contributed by atoms with Gasteiger partial charge in [0.25, 0.3) is 5.91 Å². The first-order valence-electron chi connectivity index (χ1n) is 5.77. The first kappa shape index (κ1) is 14.9. The molecule has 1 aliphatic rings. The molecule has 6 heteroatoms. The lowest BCUT2D eigenvalue weighted by Gasteiger charge is -2.22. The molecule has 0 aromatic carbocycles. The molecule has 2 rings (SSSR count). The van der Waals surface area contributed by atoms with Crippen molar-refractivity contribution in [1.29, 1.82) is 0 Å². The van der Waals surface area contributed by atoms with E-state index >= 15 is 0 Å². The molecular formula is C12H15Br2NOS2. The second-order valence-corrected chi connectivity index (χ2v) is 10.4. The molecule has 2 nitrogen and oxygen atoms in total. The third kappa shape index (κ3) is 3.52. The minimum absolute atomic E-state index is 0.141. The summed E-state index contributed by atoms with van der Waals surface area (Å²) in [6.07, 6.45) is 1.05. The molecule has 100 valence electrons. The van der Waals surface area contributed by atoms with Gasteiger partial charge >= 0.3 is 0 Å². The van der Waals surface area contributed by atoms with Crippen LogP contribution in [-0.2, 0) is 0 Å². The molecular weight excluding hydrogens is 398 g/mol. The number of halogens is 2. The van der Waals surface area contributed by atoms with Crippen LogP contribution in [0, 0.1) is 0 Å². The minimum atomic E-state index is 0.141. The van der Waals surface area contributed by atoms with Crippen LogP contribution in [0.25, 0.3) is 0 Å². The van der Waals surface area contributed by atoms with Gasteiger partial charge in [0.1, 0.15) is 0 Å². The average molecular weight is 413 g/mol. The van der Waals surface area contributed by atoms with Crippen LogP contribution in [0.2, 0.25) is 0 Å². The summed E-state index contributed by atoms with van der Waals surface area (Å²) in [7, 11) is 0. The van der Waals surface area contributed by atoms with Gasteiger partial charge in [0.05, 0.1) is 13.1 Å². The van der Waals surface area contributed by atoms with E-state index in [2.05, 4.69) is 45.7 Å². The Labute approximate surface area is 133 Å². The molecule has 1 aromatic rings. The van der Waals surface area contributed by atoms with Crippen LogP contribution in [-0.4, -0.2) is 34.4 Å². The van der Waals surface area contributed by atoms with Crippen molar-refractivity contribution in [2.45, 2.75) is 25.0 Å². The number of hydrogen-bond donors (Lipinski definition) is 0. The Morgan fingerprint density at radius 1 is 1.39 bits per heavy atom. The number of rotatable bonds is 1. The highest BCUT2D eigenvalue weighted by atomic mass is 79.9. The third-order valence-corrected chi connectivity index (χ3v) is 6.72. The summed E-state index contributed by atoms with van der Waals surface area (Å²) in [6, 6.07) is 1.90. The number of amides is 1. The van der Waals surface area contributed by atoms with Gasteiger partial charge in [0, 0.05) is 23.6 Å². The van der Waals surface area contributed by atoms with Crippen LogP contribution in [0.4, 0.5) is 0 Å². The minimum Gasteiger partial charge on any atom is -0.338 e. The van der Waals surface area contributed by atoms with Gasteiger partial charge in [-0.05, 0) is 44.3 Å². The van der Waals surface area contributed by atoms with E-state index in [1.54, 1.807) is 11.3 Å². The van der Waals surface area contributed by atoms with E-state index < -0.39 is 0 Å². The van der Waals surface area contributed by atoms with E-state index in [1.165, 1.54) is 0 Å². The second-order valence-electron chi connectivity index (χ2n) is 4.89. The third-order valence-electron chi connectivity index (χ3n) is 3.01. The fourth-order valence-electron chi connectivity index (χ4n) is 1.88. The number of hydrogen-bond acceptors (Lipinski definition) is 3. The molecule has 1 fully saturated rings. The maximum Gasteiger partial charge on any atom is 0.255 e. The zero-order valence-electron chi connectivity index (χ0n) is 10.3. The highest BCUT2D eigenvalue weighted by Gasteiger charge is 2.27. The van der Waals surface area contributed by atoms with E-state index in [0.29, 0.717) is 0 Å². The van der Waals surface area contributed by atoms with Gasteiger partial charge in [-0.3, -0.25) is 4.79 Å². The van der Waals surface area contributed by atoms with Crippen LogP contribution in [0.1, 0.15) is 30.6 Å². The standard InChI is InChI=1S/C12H15Br2NOS2/c1-12(2)3-4-15(5-6-17-12)11(16)8-7-9(13)18-10(8)14/h7H,3-6H2,1-2H3. The Morgan fingerprint density at radius 3 is 2.72 bits per heavy atom. The van der Waals surface area contributed by atoms with Gasteiger partial charge < -0.3 is 4.90 Å². The summed E-state index contributed by atoms with van der Waals surface area (Å²) in [4.78, 5) is 14.4. The molecule has 18 heavy (non-hydrogen) atoms. The topological polar surface area (TPSA) is 20.3 Å². The molecule has 1 aliphatic heterocycles. The molecule has 0 atom stereocenters. The maximum absolute atomic E-state index is 12.5. The van der Waals surface area contributed by atoms with Crippen molar-refractivity contribution in [2.24, 2.45) is 0 Å². The molecule has 0 saturated carbocycles. The molecule has 1 aromatic heterocycles. The predicted molar refractivity (Wildman–Crippen MR) is 86.8 cm³/mol. The van der Waals surface area contributed by atoms with Crippen molar-refractivity contribution in [1.82, 2.24) is 4.90 Å². The fourth-order valence-corrected chi connectivity index (χ4v) is 5.76. The molecule has 1 saturated heterocycles. The van der Waals surface area contributed by atoms with Gasteiger partial charge in [0.2, 0.25) is 0 Å². The number of thiophene rings is 1. The highest BCUT2D eigenvalue weighted by Crippen LogP contribution is 2.34. The summed E-state index contributed by atoms with van der Waals surface area (Å²) in [5, 5.41) is 0. The average Bonchev–Trinajstić information content (AvgIpc) is 2.50. The number of carbonyl (C=O) groups excluding carboxylic acids is 1. The van der Waals surface area contributed by atoms with E-state index in [-0.39, 0.29) is 10.7 Å². The quantitative estimate of drug-likeness (QED) is 0.669. The second kappa shape index (κ2) is 5.85. The first-order valence-corrected chi connectivity index (χ1v) is 9.16. The number of carbonyl (C=O) groups is 1. The molecule has 0 spiro atoms. The lowest BCUT2D eigenvalue weighted by atomic mass is 10.1. The molecule has 0 N–H and O–H groups in total. The Balaban J connectivity index is 2.12. The van der Waals surface area contributed by atoms with Crippen molar-refractivity contribution in [3.63, 3.8) is 0 Å². The van der Waals surface area contributed by atoms with Crippen LogP contribution >= 0.6 is 55.0 Å². The Kier molecular flexibility index (Phi) is 4.84. The zero-order valence-corrected chi connectivity index (χ0v) is 15.1. The summed E-state index contributed by atoms with van der Waals surface area (Å²) >= 11 is 10.4. The summed E-state index contributed by atoms with van der Waals surface area (Å²) in [6.45, 7) is 6.19. The summed E-state index contributed by atoms with van der Waals surface area (Å²) in [5.41, 5.74) is 0.775. The van der Waals surface area contributed by atoms with Crippen LogP contribution in [0.3, 0.4) is 0 Å². The van der Waals surface area contributed by atoms with Gasteiger partial charge in [0.15, 0.2) is 0 Å². The van der Waals surface area contributed by atoms with Gasteiger partial charge in [-0.1, -0.05) is 13.8 Å². The smallest absolute Gasteiger partial charge is 0.255 e. The SMILES string of the molecule is CC1(C)CCN(C(=O)c2cc(Br)sc2Br)CCS1. The normalized spacial score (nSPS) is 19.7. The van der Waals surface area contributed by atoms with Gasteiger partial charge in [-0.25, -0.2) is 0 Å². The maximum atomic E-state index is 12.5. The molecule has 0 unspecified atom stereocenters. The summed E-state index contributed by atoms with van der Waals surface area (Å²) < 4.78 is 2.18. The predicted octanol–water partition coefficient (Wildman–Crippen LogP) is 4.63. The van der Waals surface area contributed by atoms with Crippen molar-refractivity contribution in [3.05, 3.63) is 19.2 Å². The largest absolute Gasteiger partial charge is 0.338 e. The fraction of sp³-hybridized carbons (Fsp3) is 0.583.